The van der Waals surface area contributed by atoms with Crippen molar-refractivity contribution in [2.75, 3.05) is 13.2 Å². The molecule has 2 saturated heterocycles. The van der Waals surface area contributed by atoms with Gasteiger partial charge in [0.05, 0.1) is 19.3 Å². The molecule has 1 spiro atoms. The van der Waals surface area contributed by atoms with Crippen LogP contribution in [0.25, 0.3) is 0 Å². The molecule has 5 heteroatoms. The van der Waals surface area contributed by atoms with Gasteiger partial charge < -0.3 is 19.9 Å². The quantitative estimate of drug-likeness (QED) is 0.551. The molecule has 2 N–H and O–H groups in total. The average Bonchev–Trinajstić information content (AvgIpc) is 3.26. The van der Waals surface area contributed by atoms with Crippen LogP contribution < -0.4 is 5.73 Å². The van der Waals surface area contributed by atoms with E-state index >= 15 is 0 Å². The number of rotatable bonds is 2. The molecule has 2 aliphatic heterocycles. The number of carbonyl (C=O) groups is 1. The highest BCUT2D eigenvalue weighted by Gasteiger charge is 2.69. The molecule has 0 bridgehead atoms. The molecule has 34 heavy (non-hydrogen) atoms. The van der Waals surface area contributed by atoms with Gasteiger partial charge in [0, 0.05) is 12.3 Å². The van der Waals surface area contributed by atoms with E-state index in [0.717, 1.165) is 43.6 Å². The molecule has 6 aliphatic rings. The van der Waals surface area contributed by atoms with Gasteiger partial charge in [-0.3, -0.25) is 4.79 Å². The minimum absolute atomic E-state index is 0.00241. The van der Waals surface area contributed by atoms with Crippen LogP contribution in [0, 0.1) is 52.3 Å². The summed E-state index contributed by atoms with van der Waals surface area (Å²) >= 11 is 0. The van der Waals surface area contributed by atoms with Crippen LogP contribution in [0.1, 0.15) is 91.9 Å². The summed E-state index contributed by atoms with van der Waals surface area (Å²) in [6.07, 6.45) is 12.6. The maximum Gasteiger partial charge on any atom is 0.319 e. The predicted octanol–water partition coefficient (Wildman–Crippen LogP) is 5.30. The smallest absolute Gasteiger partial charge is 0.319 e. The third kappa shape index (κ3) is 3.31. The Morgan fingerprint density at radius 3 is 2.50 bits per heavy atom. The summed E-state index contributed by atoms with van der Waals surface area (Å²) in [5.74, 6) is 4.35. The van der Waals surface area contributed by atoms with Crippen LogP contribution in [-0.2, 0) is 19.0 Å². The van der Waals surface area contributed by atoms with Gasteiger partial charge in [-0.05, 0) is 104 Å². The summed E-state index contributed by atoms with van der Waals surface area (Å²) in [6, 6.07) is 0. The van der Waals surface area contributed by atoms with Gasteiger partial charge in [-0.1, -0.05) is 27.7 Å². The first kappa shape index (κ1) is 23.7. The first-order chi connectivity index (χ1) is 16.2. The van der Waals surface area contributed by atoms with Gasteiger partial charge in [-0.15, -0.1) is 0 Å². The second-order valence-electron chi connectivity index (χ2n) is 13.8. The van der Waals surface area contributed by atoms with E-state index in [1.54, 1.807) is 0 Å². The molecule has 5 nitrogen and oxygen atoms in total. The van der Waals surface area contributed by atoms with Crippen LogP contribution in [0.4, 0.5) is 0 Å². The number of hydrogen-bond acceptors (Lipinski definition) is 5. The number of fused-ring (bicyclic) bond motifs is 7. The van der Waals surface area contributed by atoms with Crippen molar-refractivity contribution >= 4 is 5.97 Å². The molecule has 0 aromatic carbocycles. The zero-order chi connectivity index (χ0) is 23.9. The largest absolute Gasteiger partial charge is 0.461 e. The lowest BCUT2D eigenvalue weighted by atomic mass is 9.44. The van der Waals surface area contributed by atoms with Crippen molar-refractivity contribution in [2.45, 2.75) is 110 Å². The second kappa shape index (κ2) is 8.18. The van der Waals surface area contributed by atoms with Crippen LogP contribution in [0.2, 0.25) is 0 Å². The van der Waals surface area contributed by atoms with Crippen LogP contribution >= 0.6 is 0 Å². The van der Waals surface area contributed by atoms with Crippen molar-refractivity contribution in [3.8, 4) is 0 Å². The zero-order valence-corrected chi connectivity index (χ0v) is 21.9. The summed E-state index contributed by atoms with van der Waals surface area (Å²) in [7, 11) is 0. The van der Waals surface area contributed by atoms with E-state index in [-0.39, 0.29) is 24.4 Å². The molecule has 0 aromatic rings. The summed E-state index contributed by atoms with van der Waals surface area (Å²) in [6.45, 7) is 10.8. The van der Waals surface area contributed by atoms with Crippen LogP contribution in [0.5, 0.6) is 0 Å². The maximum absolute atomic E-state index is 11.8. The van der Waals surface area contributed by atoms with Gasteiger partial charge in [-0.2, -0.15) is 0 Å². The van der Waals surface area contributed by atoms with Crippen molar-refractivity contribution in [2.24, 2.45) is 58.0 Å². The molecule has 12 atom stereocenters. The number of esters is 1. The Balaban J connectivity index is 1.19. The maximum atomic E-state index is 11.8. The van der Waals surface area contributed by atoms with E-state index < -0.39 is 0 Å². The number of nitrogens with two attached hydrogens (primary N) is 1. The molecule has 3 unspecified atom stereocenters. The lowest BCUT2D eigenvalue weighted by molar-refractivity contribution is -0.273. The molecular weight excluding hydrogens is 426 g/mol. The van der Waals surface area contributed by atoms with Crippen LogP contribution in [0.15, 0.2) is 0 Å². The Morgan fingerprint density at radius 2 is 1.76 bits per heavy atom. The summed E-state index contributed by atoms with van der Waals surface area (Å²) in [4.78, 5) is 11.8. The third-order valence-corrected chi connectivity index (χ3v) is 12.3. The fraction of sp³-hybridized carbons (Fsp3) is 0.966. The summed E-state index contributed by atoms with van der Waals surface area (Å²) < 4.78 is 19.1. The first-order valence-electron chi connectivity index (χ1n) is 14.4. The molecule has 0 radical (unpaired) electrons. The predicted molar refractivity (Wildman–Crippen MR) is 131 cm³/mol. The van der Waals surface area contributed by atoms with E-state index in [9.17, 15) is 4.79 Å². The Bertz CT molecular complexity index is 808. The van der Waals surface area contributed by atoms with E-state index in [0.29, 0.717) is 40.6 Å². The fourth-order valence-corrected chi connectivity index (χ4v) is 10.6. The topological polar surface area (TPSA) is 70.8 Å². The molecule has 4 aliphatic carbocycles. The molecule has 6 rings (SSSR count). The minimum Gasteiger partial charge on any atom is -0.461 e. The highest BCUT2D eigenvalue weighted by molar-refractivity contribution is 5.71. The highest BCUT2D eigenvalue weighted by Crippen LogP contribution is 2.71. The Hall–Kier alpha value is -0.650. The fourth-order valence-electron chi connectivity index (χ4n) is 10.6. The third-order valence-electron chi connectivity index (χ3n) is 12.3. The Morgan fingerprint density at radius 1 is 0.971 bits per heavy atom. The van der Waals surface area contributed by atoms with Gasteiger partial charge in [0.2, 0.25) is 0 Å². The summed E-state index contributed by atoms with van der Waals surface area (Å²) in [5.41, 5.74) is 6.28. The molecule has 0 amide bonds. The standard InChI is InChI=1S/C29H47NO4/c1-17-7-12-29(32-16-17)18(2)26-24(34-29)14-23-21-6-5-19-13-20(33-25(31)15-30)8-10-27(19,3)22(21)9-11-28(23,26)4/h17-24,26H,5-16,30H2,1-4H3/t17-,18-,19+,20+,21?,22?,23?,24-,26-,27-,28-,29+/m0/s1. The average molecular weight is 474 g/mol. The normalized spacial score (nSPS) is 56.3. The Kier molecular flexibility index (Phi) is 5.71. The van der Waals surface area contributed by atoms with E-state index in [1.807, 2.05) is 0 Å². The van der Waals surface area contributed by atoms with Gasteiger partial charge >= 0.3 is 5.97 Å². The van der Waals surface area contributed by atoms with Crippen molar-refractivity contribution in [3.05, 3.63) is 0 Å². The van der Waals surface area contributed by atoms with E-state index in [4.69, 9.17) is 19.9 Å². The SMILES string of the molecule is C[C@H]1CC[C@@]2(OC1)O[C@H]1CC3C4CC[C@@H]5C[C@H](OC(=O)CN)CC[C@]5(C)C4CC[C@]3(C)[C@H]1[C@@H]2C. The summed E-state index contributed by atoms with van der Waals surface area (Å²) in [5, 5.41) is 0. The van der Waals surface area contributed by atoms with Gasteiger partial charge in [0.1, 0.15) is 6.10 Å². The van der Waals surface area contributed by atoms with Crippen molar-refractivity contribution in [1.29, 1.82) is 0 Å². The minimum atomic E-state index is -0.310. The monoisotopic (exact) mass is 473 g/mol. The van der Waals surface area contributed by atoms with Gasteiger partial charge in [0.25, 0.3) is 0 Å². The molecule has 2 heterocycles. The lowest BCUT2D eigenvalue weighted by Gasteiger charge is -2.61. The van der Waals surface area contributed by atoms with E-state index in [1.165, 1.54) is 44.9 Å². The number of hydrogen-bond donors (Lipinski definition) is 1. The number of carbonyl (C=O) groups excluding carboxylic acids is 1. The molecule has 192 valence electrons. The van der Waals surface area contributed by atoms with E-state index in [2.05, 4.69) is 27.7 Å². The zero-order valence-electron chi connectivity index (χ0n) is 21.9. The number of ether oxygens (including phenoxy) is 3. The van der Waals surface area contributed by atoms with Gasteiger partial charge in [0.15, 0.2) is 5.79 Å². The van der Waals surface area contributed by atoms with Crippen molar-refractivity contribution in [1.82, 2.24) is 0 Å². The molecular formula is C29H47NO4. The van der Waals surface area contributed by atoms with Crippen LogP contribution in [0.3, 0.4) is 0 Å². The molecule has 0 aromatic heterocycles. The van der Waals surface area contributed by atoms with Crippen molar-refractivity contribution in [3.63, 3.8) is 0 Å². The Labute approximate surface area is 206 Å². The lowest BCUT2D eigenvalue weighted by Crippen LogP contribution is -2.55. The second-order valence-corrected chi connectivity index (χ2v) is 13.8. The van der Waals surface area contributed by atoms with Crippen molar-refractivity contribution < 1.29 is 19.0 Å². The van der Waals surface area contributed by atoms with Gasteiger partial charge in [-0.25, -0.2) is 0 Å². The highest BCUT2D eigenvalue weighted by atomic mass is 16.7. The molecule has 6 fully saturated rings. The first-order valence-corrected chi connectivity index (χ1v) is 14.4. The van der Waals surface area contributed by atoms with Crippen LogP contribution in [-0.4, -0.2) is 37.1 Å². The molecule has 4 saturated carbocycles.